The van der Waals surface area contributed by atoms with E-state index in [0.29, 0.717) is 11.4 Å². The van der Waals surface area contributed by atoms with E-state index in [2.05, 4.69) is 25.8 Å². The molecular formula is C27H25F2N7O. The number of halogens is 2. The molecule has 188 valence electrons. The van der Waals surface area contributed by atoms with Crippen LogP contribution < -0.4 is 10.6 Å². The summed E-state index contributed by atoms with van der Waals surface area (Å²) in [5.41, 5.74) is 3.79. The van der Waals surface area contributed by atoms with Crippen molar-refractivity contribution in [2.45, 2.75) is 26.2 Å². The number of aromatic nitrogens is 5. The predicted molar refractivity (Wildman–Crippen MR) is 139 cm³/mol. The molecule has 0 radical (unpaired) electrons. The van der Waals surface area contributed by atoms with Crippen LogP contribution in [0.15, 0.2) is 67.1 Å². The Balaban J connectivity index is 1.38. The van der Waals surface area contributed by atoms with E-state index in [9.17, 15) is 13.6 Å². The second kappa shape index (κ2) is 9.12. The number of rotatable bonds is 4. The van der Waals surface area contributed by atoms with Gasteiger partial charge < -0.3 is 5.32 Å². The monoisotopic (exact) mass is 501 g/mol. The zero-order valence-corrected chi connectivity index (χ0v) is 20.8. The quantitative estimate of drug-likeness (QED) is 0.314. The highest BCUT2D eigenvalue weighted by Gasteiger charge is 2.22. The fourth-order valence-electron chi connectivity index (χ4n) is 4.00. The van der Waals surface area contributed by atoms with Crippen molar-refractivity contribution in [3.63, 3.8) is 0 Å². The van der Waals surface area contributed by atoms with Crippen molar-refractivity contribution in [2.75, 3.05) is 10.6 Å². The molecule has 0 unspecified atom stereocenters. The molecule has 3 aromatic heterocycles. The fourth-order valence-corrected chi connectivity index (χ4v) is 4.00. The van der Waals surface area contributed by atoms with Crippen LogP contribution in [0, 0.1) is 11.6 Å². The summed E-state index contributed by atoms with van der Waals surface area (Å²) in [5.74, 6) is -1.20. The maximum atomic E-state index is 13.9. The van der Waals surface area contributed by atoms with E-state index in [1.165, 1.54) is 4.68 Å². The molecule has 8 nitrogen and oxygen atoms in total. The number of fused-ring (bicyclic) bond motifs is 1. The lowest BCUT2D eigenvalue weighted by Gasteiger charge is -2.14. The molecule has 0 saturated carbocycles. The molecule has 0 aliphatic heterocycles. The van der Waals surface area contributed by atoms with E-state index in [-0.39, 0.29) is 16.9 Å². The lowest BCUT2D eigenvalue weighted by Crippen LogP contribution is -2.21. The maximum Gasteiger partial charge on any atom is 0.324 e. The summed E-state index contributed by atoms with van der Waals surface area (Å²) in [5, 5.41) is 15.3. The number of anilines is 2. The Morgan fingerprint density at radius 3 is 2.30 bits per heavy atom. The van der Waals surface area contributed by atoms with Crippen LogP contribution in [-0.4, -0.2) is 30.6 Å². The molecule has 0 atom stereocenters. The minimum atomic E-state index is -0.740. The molecule has 3 heterocycles. The number of carbonyl (C=O) groups excluding carboxylic acids is 1. The van der Waals surface area contributed by atoms with Crippen molar-refractivity contribution >= 4 is 28.4 Å². The van der Waals surface area contributed by atoms with Crippen LogP contribution in [0.25, 0.3) is 27.7 Å². The van der Waals surface area contributed by atoms with E-state index in [1.807, 2.05) is 40.0 Å². The smallest absolute Gasteiger partial charge is 0.308 e. The Kier molecular flexibility index (Phi) is 5.94. The number of benzene rings is 2. The van der Waals surface area contributed by atoms with Gasteiger partial charge in [-0.2, -0.15) is 10.2 Å². The number of hydrogen-bond donors (Lipinski definition) is 2. The third-order valence-electron chi connectivity index (χ3n) is 5.94. The standard InChI is InChI=1S/C27H25F2N7O/c1-27(2,3)24-12-25(36(34-24)20-10-17(28)9-18(29)11-20)33-26(37)32-19-7-5-16(6-8-19)21-13-30-15-23-22(21)14-31-35(23)4/h5-15H,1-4H3,(H2,32,33,37). The number of pyridine rings is 1. The molecule has 0 aliphatic rings. The number of amides is 2. The molecule has 5 aromatic rings. The minimum Gasteiger partial charge on any atom is -0.308 e. The van der Waals surface area contributed by atoms with Gasteiger partial charge in [0.05, 0.1) is 29.3 Å². The highest BCUT2D eigenvalue weighted by Crippen LogP contribution is 2.29. The number of urea groups is 1. The molecule has 0 saturated heterocycles. The van der Waals surface area contributed by atoms with Gasteiger partial charge in [0.25, 0.3) is 0 Å². The second-order valence-electron chi connectivity index (χ2n) is 9.75. The van der Waals surface area contributed by atoms with Crippen molar-refractivity contribution in [3.8, 4) is 16.8 Å². The first-order valence-electron chi connectivity index (χ1n) is 11.6. The lowest BCUT2D eigenvalue weighted by atomic mass is 9.92. The van der Waals surface area contributed by atoms with Crippen LogP contribution in [-0.2, 0) is 12.5 Å². The van der Waals surface area contributed by atoms with Crippen molar-refractivity contribution in [3.05, 3.63) is 84.4 Å². The van der Waals surface area contributed by atoms with Crippen molar-refractivity contribution in [2.24, 2.45) is 7.05 Å². The molecule has 0 spiro atoms. The van der Waals surface area contributed by atoms with Gasteiger partial charge in [-0.15, -0.1) is 0 Å². The third-order valence-corrected chi connectivity index (χ3v) is 5.94. The molecule has 2 N–H and O–H groups in total. The molecule has 10 heteroatoms. The Morgan fingerprint density at radius 1 is 0.919 bits per heavy atom. The van der Waals surface area contributed by atoms with Crippen molar-refractivity contribution < 1.29 is 13.6 Å². The molecule has 2 amide bonds. The van der Waals surface area contributed by atoms with Gasteiger partial charge in [-0.1, -0.05) is 32.9 Å². The van der Waals surface area contributed by atoms with E-state index in [1.54, 1.807) is 41.5 Å². The largest absolute Gasteiger partial charge is 0.324 e. The summed E-state index contributed by atoms with van der Waals surface area (Å²) in [7, 11) is 1.86. The first-order valence-corrected chi connectivity index (χ1v) is 11.6. The average molecular weight is 502 g/mol. The van der Waals surface area contributed by atoms with Gasteiger partial charge in [-0.05, 0) is 29.8 Å². The predicted octanol–water partition coefficient (Wildman–Crippen LogP) is 6.04. The topological polar surface area (TPSA) is 89.7 Å². The third kappa shape index (κ3) is 4.90. The van der Waals surface area contributed by atoms with E-state index in [0.717, 1.165) is 40.2 Å². The van der Waals surface area contributed by atoms with Crippen LogP contribution in [0.5, 0.6) is 0 Å². The summed E-state index contributed by atoms with van der Waals surface area (Å²) < 4.78 is 30.9. The van der Waals surface area contributed by atoms with Crippen LogP contribution in [0.4, 0.5) is 25.1 Å². The molecular weight excluding hydrogens is 476 g/mol. The van der Waals surface area contributed by atoms with E-state index in [4.69, 9.17) is 0 Å². The molecule has 2 aromatic carbocycles. The van der Waals surface area contributed by atoms with Crippen molar-refractivity contribution in [1.82, 2.24) is 24.5 Å². The molecule has 0 fully saturated rings. The zero-order valence-electron chi connectivity index (χ0n) is 20.8. The summed E-state index contributed by atoms with van der Waals surface area (Å²) in [6, 6.07) is 11.6. The van der Waals surface area contributed by atoms with Gasteiger partial charge in [-0.25, -0.2) is 18.3 Å². The summed E-state index contributed by atoms with van der Waals surface area (Å²) in [6.45, 7) is 5.87. The van der Waals surface area contributed by atoms with Gasteiger partial charge in [0.15, 0.2) is 0 Å². The summed E-state index contributed by atoms with van der Waals surface area (Å²) in [6.07, 6.45) is 5.34. The highest BCUT2D eigenvalue weighted by molar-refractivity contribution is 6.00. The average Bonchev–Trinajstić information content (AvgIpc) is 3.43. The Bertz CT molecular complexity index is 1590. The normalized spacial score (nSPS) is 11.6. The van der Waals surface area contributed by atoms with Crippen LogP contribution in [0.2, 0.25) is 0 Å². The number of nitrogens with zero attached hydrogens (tertiary/aromatic N) is 5. The Hall–Kier alpha value is -4.60. The van der Waals surface area contributed by atoms with Crippen LogP contribution >= 0.6 is 0 Å². The second-order valence-corrected chi connectivity index (χ2v) is 9.75. The van der Waals surface area contributed by atoms with E-state index >= 15 is 0 Å². The first-order chi connectivity index (χ1) is 17.6. The summed E-state index contributed by atoms with van der Waals surface area (Å²) in [4.78, 5) is 17.2. The van der Waals surface area contributed by atoms with Crippen molar-refractivity contribution in [1.29, 1.82) is 0 Å². The molecule has 5 rings (SSSR count). The van der Waals surface area contributed by atoms with E-state index < -0.39 is 17.7 Å². The minimum absolute atomic E-state index is 0.158. The van der Waals surface area contributed by atoms with Crippen LogP contribution in [0.1, 0.15) is 26.5 Å². The highest BCUT2D eigenvalue weighted by atomic mass is 19.1. The molecule has 0 aliphatic carbocycles. The number of aryl methyl sites for hydroxylation is 1. The number of nitrogens with one attached hydrogen (secondary N) is 2. The van der Waals surface area contributed by atoms with Gasteiger partial charge in [-0.3, -0.25) is 15.0 Å². The van der Waals surface area contributed by atoms with Gasteiger partial charge >= 0.3 is 6.03 Å². The fraction of sp³-hybridized carbons (Fsp3) is 0.185. The zero-order chi connectivity index (χ0) is 26.3. The van der Waals surface area contributed by atoms with Crippen LogP contribution in [0.3, 0.4) is 0 Å². The SMILES string of the molecule is Cn1ncc2c(-c3ccc(NC(=O)Nc4cc(C(C)(C)C)nn4-c4cc(F)cc(F)c4)cc3)cncc21. The maximum absolute atomic E-state index is 13.9. The number of carbonyl (C=O) groups is 1. The molecule has 37 heavy (non-hydrogen) atoms. The lowest BCUT2D eigenvalue weighted by molar-refractivity contribution is 0.262. The Labute approximate surface area is 212 Å². The number of hydrogen-bond acceptors (Lipinski definition) is 4. The van der Waals surface area contributed by atoms with Gasteiger partial charge in [0.2, 0.25) is 0 Å². The Morgan fingerprint density at radius 2 is 1.62 bits per heavy atom. The molecule has 0 bridgehead atoms. The van der Waals surface area contributed by atoms with Gasteiger partial charge in [0.1, 0.15) is 17.5 Å². The first kappa shape index (κ1) is 24.1. The summed E-state index contributed by atoms with van der Waals surface area (Å²) >= 11 is 0. The van der Waals surface area contributed by atoms with Gasteiger partial charge in [0, 0.05) is 47.4 Å².